The van der Waals surface area contributed by atoms with Gasteiger partial charge in [0.05, 0.1) is 6.67 Å². The third-order valence-corrected chi connectivity index (χ3v) is 5.24. The van der Waals surface area contributed by atoms with Crippen molar-refractivity contribution in [1.82, 2.24) is 14.4 Å². The van der Waals surface area contributed by atoms with Crippen molar-refractivity contribution in [2.24, 2.45) is 5.92 Å². The van der Waals surface area contributed by atoms with Gasteiger partial charge in [-0.05, 0) is 26.7 Å². The van der Waals surface area contributed by atoms with Gasteiger partial charge in [-0.1, -0.05) is 11.3 Å². The molecule has 0 bridgehead atoms. The first-order valence-corrected chi connectivity index (χ1v) is 8.02. The topological polar surface area (TPSA) is 62.6 Å². The highest BCUT2D eigenvalue weighted by Crippen LogP contribution is 2.31. The average molecular weight is 309 g/mol. The van der Waals surface area contributed by atoms with E-state index in [-0.39, 0.29) is 29.1 Å². The summed E-state index contributed by atoms with van der Waals surface area (Å²) in [6, 6.07) is 0. The Bertz CT molecular complexity index is 644. The number of carbonyl (C=O) groups excluding carboxylic acids is 2. The van der Waals surface area contributed by atoms with Gasteiger partial charge in [0.15, 0.2) is 0 Å². The molecule has 1 aromatic rings. The highest BCUT2D eigenvalue weighted by Gasteiger charge is 2.37. The van der Waals surface area contributed by atoms with E-state index >= 15 is 0 Å². The van der Waals surface area contributed by atoms with Crippen LogP contribution in [0.5, 0.6) is 0 Å². The van der Waals surface area contributed by atoms with E-state index < -0.39 is 0 Å². The minimum Gasteiger partial charge on any atom is -0.323 e. The van der Waals surface area contributed by atoms with Crippen molar-refractivity contribution < 1.29 is 9.59 Å². The molecular formula is C14H19N3O3S. The number of rotatable bonds is 3. The van der Waals surface area contributed by atoms with Crippen molar-refractivity contribution in [1.29, 1.82) is 0 Å². The van der Waals surface area contributed by atoms with Gasteiger partial charge >= 0.3 is 4.87 Å². The number of carbonyl (C=O) groups is 2. The maximum absolute atomic E-state index is 12.3. The lowest BCUT2D eigenvalue weighted by Gasteiger charge is -2.18. The Hall–Kier alpha value is -1.63. The summed E-state index contributed by atoms with van der Waals surface area (Å²) in [7, 11) is 0. The van der Waals surface area contributed by atoms with Crippen LogP contribution in [-0.2, 0) is 16.1 Å². The molecule has 1 aliphatic carbocycles. The Morgan fingerprint density at radius 1 is 1.19 bits per heavy atom. The van der Waals surface area contributed by atoms with Crippen LogP contribution in [0.25, 0.3) is 0 Å². The van der Waals surface area contributed by atoms with Gasteiger partial charge < -0.3 is 9.80 Å². The van der Waals surface area contributed by atoms with Crippen LogP contribution in [0.3, 0.4) is 0 Å². The van der Waals surface area contributed by atoms with Crippen molar-refractivity contribution in [3.05, 3.63) is 20.2 Å². The number of nitrogens with zero attached hydrogens (tertiary/aromatic N) is 3. The molecule has 0 N–H and O–H groups in total. The number of aryl methyl sites for hydroxylation is 1. The van der Waals surface area contributed by atoms with E-state index in [1.165, 1.54) is 15.9 Å². The van der Waals surface area contributed by atoms with Crippen molar-refractivity contribution in [2.45, 2.75) is 33.2 Å². The number of hydrogen-bond donors (Lipinski definition) is 0. The molecule has 1 aliphatic heterocycles. The third-order valence-electron chi connectivity index (χ3n) is 4.24. The van der Waals surface area contributed by atoms with Crippen molar-refractivity contribution >= 4 is 23.2 Å². The summed E-state index contributed by atoms with van der Waals surface area (Å²) in [5.41, 5.74) is 0.850. The van der Waals surface area contributed by atoms with Crippen LogP contribution in [-0.4, -0.2) is 45.9 Å². The molecule has 2 fully saturated rings. The SMILES string of the molecule is Cc1sc(=O)n(CC(=O)N2CCN(C(=O)C3CC3)C2)c1C. The fourth-order valence-electron chi connectivity index (χ4n) is 2.57. The number of amides is 2. The fourth-order valence-corrected chi connectivity index (χ4v) is 3.40. The third kappa shape index (κ3) is 2.74. The summed E-state index contributed by atoms with van der Waals surface area (Å²) in [6.45, 7) is 5.35. The van der Waals surface area contributed by atoms with Crippen LogP contribution in [0, 0.1) is 19.8 Å². The zero-order chi connectivity index (χ0) is 15.1. The predicted molar refractivity (Wildman–Crippen MR) is 79.1 cm³/mol. The molecule has 1 saturated heterocycles. The zero-order valence-corrected chi connectivity index (χ0v) is 13.1. The first kappa shape index (κ1) is 14.3. The van der Waals surface area contributed by atoms with Crippen LogP contribution in [0.15, 0.2) is 4.79 Å². The highest BCUT2D eigenvalue weighted by molar-refractivity contribution is 7.09. The first-order chi connectivity index (χ1) is 9.97. The molecule has 2 aliphatic rings. The Morgan fingerprint density at radius 2 is 1.86 bits per heavy atom. The van der Waals surface area contributed by atoms with E-state index in [0.29, 0.717) is 19.8 Å². The van der Waals surface area contributed by atoms with Crippen LogP contribution >= 0.6 is 11.3 Å². The summed E-state index contributed by atoms with van der Waals surface area (Å²) in [5.74, 6) is 0.263. The fraction of sp³-hybridized carbons (Fsp3) is 0.643. The van der Waals surface area contributed by atoms with Crippen molar-refractivity contribution in [3.8, 4) is 0 Å². The summed E-state index contributed by atoms with van der Waals surface area (Å²) in [6.07, 6.45) is 1.96. The van der Waals surface area contributed by atoms with Gasteiger partial charge in [-0.3, -0.25) is 19.0 Å². The van der Waals surface area contributed by atoms with Crippen LogP contribution < -0.4 is 4.87 Å². The largest absolute Gasteiger partial charge is 0.323 e. The Labute approximate surface area is 127 Å². The maximum Gasteiger partial charge on any atom is 0.308 e. The summed E-state index contributed by atoms with van der Waals surface area (Å²) in [4.78, 5) is 40.4. The van der Waals surface area contributed by atoms with Gasteiger partial charge in [-0.15, -0.1) is 0 Å². The first-order valence-electron chi connectivity index (χ1n) is 7.20. The Balaban J connectivity index is 1.64. The molecule has 7 heteroatoms. The highest BCUT2D eigenvalue weighted by atomic mass is 32.1. The van der Waals surface area contributed by atoms with E-state index in [4.69, 9.17) is 0 Å². The van der Waals surface area contributed by atoms with E-state index in [1.807, 2.05) is 13.8 Å². The number of hydrogen-bond acceptors (Lipinski definition) is 4. The van der Waals surface area contributed by atoms with Gasteiger partial charge in [0.1, 0.15) is 6.54 Å². The second-order valence-corrected chi connectivity index (χ2v) is 6.94. The maximum atomic E-state index is 12.3. The molecule has 114 valence electrons. The lowest BCUT2D eigenvalue weighted by molar-refractivity contribution is -0.135. The normalized spacial score (nSPS) is 18.4. The quantitative estimate of drug-likeness (QED) is 0.820. The van der Waals surface area contributed by atoms with Gasteiger partial charge in [-0.25, -0.2) is 0 Å². The molecule has 0 unspecified atom stereocenters. The second kappa shape index (κ2) is 5.29. The lowest BCUT2D eigenvalue weighted by atomic mass is 10.4. The molecule has 3 rings (SSSR count). The van der Waals surface area contributed by atoms with Gasteiger partial charge in [0.25, 0.3) is 0 Å². The monoisotopic (exact) mass is 309 g/mol. The standard InChI is InChI=1S/C14H19N3O3S/c1-9-10(2)21-14(20)17(9)7-12(18)15-5-6-16(8-15)13(19)11-3-4-11/h11H,3-8H2,1-2H3. The Morgan fingerprint density at radius 3 is 2.43 bits per heavy atom. The van der Waals surface area contributed by atoms with Crippen LogP contribution in [0.4, 0.5) is 0 Å². The average Bonchev–Trinajstić information content (AvgIpc) is 3.13. The van der Waals surface area contributed by atoms with Crippen molar-refractivity contribution in [2.75, 3.05) is 19.8 Å². The second-order valence-electron chi connectivity index (χ2n) is 5.77. The predicted octanol–water partition coefficient (Wildman–Crippen LogP) is 0.565. The molecule has 1 aromatic heterocycles. The lowest BCUT2D eigenvalue weighted by Crippen LogP contribution is -2.37. The summed E-state index contributed by atoms with van der Waals surface area (Å²) >= 11 is 1.17. The van der Waals surface area contributed by atoms with E-state index in [2.05, 4.69) is 0 Å². The summed E-state index contributed by atoms with van der Waals surface area (Å²) in [5, 5.41) is 0. The molecular weight excluding hydrogens is 290 g/mol. The molecule has 2 heterocycles. The van der Waals surface area contributed by atoms with Crippen LogP contribution in [0.1, 0.15) is 23.4 Å². The van der Waals surface area contributed by atoms with Gasteiger partial charge in [0.2, 0.25) is 11.8 Å². The molecule has 21 heavy (non-hydrogen) atoms. The smallest absolute Gasteiger partial charge is 0.308 e. The van der Waals surface area contributed by atoms with E-state index in [0.717, 1.165) is 23.4 Å². The van der Waals surface area contributed by atoms with E-state index in [1.54, 1.807) is 9.80 Å². The number of thiazole rings is 1. The molecule has 0 atom stereocenters. The van der Waals surface area contributed by atoms with Crippen molar-refractivity contribution in [3.63, 3.8) is 0 Å². The van der Waals surface area contributed by atoms with Crippen LogP contribution in [0.2, 0.25) is 0 Å². The van der Waals surface area contributed by atoms with Gasteiger partial charge in [0, 0.05) is 29.6 Å². The minimum atomic E-state index is -0.0940. The minimum absolute atomic E-state index is 0.0699. The van der Waals surface area contributed by atoms with E-state index in [9.17, 15) is 14.4 Å². The van der Waals surface area contributed by atoms with Gasteiger partial charge in [-0.2, -0.15) is 0 Å². The molecule has 0 aromatic carbocycles. The molecule has 0 radical (unpaired) electrons. The molecule has 1 saturated carbocycles. The Kier molecular flexibility index (Phi) is 3.61. The molecule has 0 spiro atoms. The zero-order valence-electron chi connectivity index (χ0n) is 12.3. The molecule has 6 nitrogen and oxygen atoms in total. The molecule has 2 amide bonds. The number of aromatic nitrogens is 1. The summed E-state index contributed by atoms with van der Waals surface area (Å²) < 4.78 is 1.52.